The Morgan fingerprint density at radius 2 is 1.94 bits per heavy atom. The van der Waals surface area contributed by atoms with Crippen LogP contribution in [-0.4, -0.2) is 38.6 Å². The summed E-state index contributed by atoms with van der Waals surface area (Å²) < 4.78 is 47.6. The van der Waals surface area contributed by atoms with Gasteiger partial charge < -0.3 is 14.0 Å². The SMILES string of the molecule is Cc1cc(C)n(C)c(=O)c1C(=O)N1CCCC(c2cc(C(F)(F)F)c3c(C)noc3n2)C1. The summed E-state index contributed by atoms with van der Waals surface area (Å²) in [4.78, 5) is 31.7. The van der Waals surface area contributed by atoms with Gasteiger partial charge in [0.25, 0.3) is 17.2 Å². The molecule has 32 heavy (non-hydrogen) atoms. The van der Waals surface area contributed by atoms with Crippen LogP contribution in [-0.2, 0) is 13.2 Å². The monoisotopic (exact) mass is 448 g/mol. The van der Waals surface area contributed by atoms with Crippen molar-refractivity contribution in [2.45, 2.75) is 45.7 Å². The minimum absolute atomic E-state index is 0.0870. The van der Waals surface area contributed by atoms with Crippen molar-refractivity contribution >= 4 is 17.0 Å². The van der Waals surface area contributed by atoms with Crippen molar-refractivity contribution in [2.75, 3.05) is 13.1 Å². The predicted molar refractivity (Wildman–Crippen MR) is 111 cm³/mol. The van der Waals surface area contributed by atoms with Gasteiger partial charge in [0.05, 0.1) is 22.3 Å². The third-order valence-electron chi connectivity index (χ3n) is 6.15. The second-order valence-corrected chi connectivity index (χ2v) is 8.34. The van der Waals surface area contributed by atoms with Gasteiger partial charge in [0, 0.05) is 31.7 Å². The molecular weight excluding hydrogens is 425 g/mol. The van der Waals surface area contributed by atoms with Crippen LogP contribution in [0.5, 0.6) is 0 Å². The van der Waals surface area contributed by atoms with Gasteiger partial charge >= 0.3 is 6.18 Å². The first-order valence-electron chi connectivity index (χ1n) is 10.3. The van der Waals surface area contributed by atoms with Crippen LogP contribution >= 0.6 is 0 Å². The number of hydrogen-bond acceptors (Lipinski definition) is 5. The van der Waals surface area contributed by atoms with Gasteiger partial charge in [-0.15, -0.1) is 0 Å². The summed E-state index contributed by atoms with van der Waals surface area (Å²) >= 11 is 0. The smallest absolute Gasteiger partial charge is 0.338 e. The van der Waals surface area contributed by atoms with Gasteiger partial charge in [0.15, 0.2) is 0 Å². The van der Waals surface area contributed by atoms with Gasteiger partial charge in [-0.05, 0) is 51.3 Å². The summed E-state index contributed by atoms with van der Waals surface area (Å²) in [5.74, 6) is -0.835. The van der Waals surface area contributed by atoms with Crippen molar-refractivity contribution in [3.63, 3.8) is 0 Å². The molecule has 7 nitrogen and oxygen atoms in total. The van der Waals surface area contributed by atoms with Crippen LogP contribution in [0.1, 0.15) is 57.3 Å². The van der Waals surface area contributed by atoms with E-state index < -0.39 is 23.6 Å². The van der Waals surface area contributed by atoms with E-state index in [1.165, 1.54) is 16.4 Å². The summed E-state index contributed by atoms with van der Waals surface area (Å²) in [6, 6.07) is 2.80. The third-order valence-corrected chi connectivity index (χ3v) is 6.15. The van der Waals surface area contributed by atoms with Crippen LogP contribution in [0.3, 0.4) is 0 Å². The topological polar surface area (TPSA) is 81.2 Å². The number of hydrogen-bond donors (Lipinski definition) is 0. The molecule has 1 amide bonds. The molecule has 0 bridgehead atoms. The highest BCUT2D eigenvalue weighted by atomic mass is 19.4. The number of piperidine rings is 1. The Morgan fingerprint density at radius 3 is 2.62 bits per heavy atom. The number of aromatic nitrogens is 3. The Hall–Kier alpha value is -3.17. The van der Waals surface area contributed by atoms with E-state index in [1.54, 1.807) is 27.0 Å². The van der Waals surface area contributed by atoms with E-state index in [9.17, 15) is 22.8 Å². The fourth-order valence-corrected chi connectivity index (χ4v) is 4.35. The average Bonchev–Trinajstić information content (AvgIpc) is 3.11. The maximum atomic E-state index is 13.7. The molecule has 1 saturated heterocycles. The molecule has 1 aliphatic rings. The standard InChI is InChI=1S/C22H23F3N4O3/c1-11-8-12(2)28(4)20(30)17(11)21(31)29-7-5-6-14(10-29)16-9-15(22(23,24)25)18-13(3)27-32-19(18)26-16/h8-9,14H,5-7,10H2,1-4H3. The maximum absolute atomic E-state index is 13.7. The molecule has 0 spiro atoms. The zero-order valence-electron chi connectivity index (χ0n) is 18.2. The van der Waals surface area contributed by atoms with Gasteiger partial charge in [0.1, 0.15) is 5.56 Å². The minimum Gasteiger partial charge on any atom is -0.338 e. The molecule has 1 aliphatic heterocycles. The molecule has 0 N–H and O–H groups in total. The third kappa shape index (κ3) is 3.67. The number of amides is 1. The van der Waals surface area contributed by atoms with E-state index >= 15 is 0 Å². The second kappa shape index (κ2) is 7.75. The molecular formula is C22H23F3N4O3. The molecule has 3 aromatic rings. The Kier molecular flexibility index (Phi) is 5.34. The van der Waals surface area contributed by atoms with Gasteiger partial charge in [-0.1, -0.05) is 5.16 Å². The number of nitrogens with zero attached hydrogens (tertiary/aromatic N) is 4. The predicted octanol–water partition coefficient (Wildman–Crippen LogP) is 3.89. The molecule has 3 aromatic heterocycles. The van der Waals surface area contributed by atoms with Gasteiger partial charge in [-0.25, -0.2) is 4.98 Å². The molecule has 10 heteroatoms. The summed E-state index contributed by atoms with van der Waals surface area (Å²) in [5, 5.41) is 3.49. The summed E-state index contributed by atoms with van der Waals surface area (Å²) in [6.45, 7) is 5.51. The largest absolute Gasteiger partial charge is 0.417 e. The minimum atomic E-state index is -4.60. The van der Waals surface area contributed by atoms with Gasteiger partial charge in [0.2, 0.25) is 0 Å². The van der Waals surface area contributed by atoms with Crippen molar-refractivity contribution in [2.24, 2.45) is 7.05 Å². The lowest BCUT2D eigenvalue weighted by molar-refractivity contribution is -0.136. The van der Waals surface area contributed by atoms with E-state index in [0.717, 1.165) is 11.8 Å². The van der Waals surface area contributed by atoms with E-state index in [1.807, 2.05) is 0 Å². The molecule has 4 rings (SSSR count). The molecule has 0 aromatic carbocycles. The highest BCUT2D eigenvalue weighted by molar-refractivity contribution is 5.95. The van der Waals surface area contributed by atoms with Crippen molar-refractivity contribution in [1.82, 2.24) is 19.6 Å². The Morgan fingerprint density at radius 1 is 1.22 bits per heavy atom. The Bertz CT molecular complexity index is 1280. The van der Waals surface area contributed by atoms with E-state index in [-0.39, 0.29) is 40.2 Å². The molecule has 0 saturated carbocycles. The fraction of sp³-hybridized carbons (Fsp3) is 0.455. The van der Waals surface area contributed by atoms with Crippen LogP contribution in [0, 0.1) is 20.8 Å². The van der Waals surface area contributed by atoms with Crippen molar-refractivity contribution < 1.29 is 22.5 Å². The first-order chi connectivity index (χ1) is 15.0. The molecule has 170 valence electrons. The van der Waals surface area contributed by atoms with E-state index in [2.05, 4.69) is 10.1 Å². The normalized spacial score (nSPS) is 17.2. The van der Waals surface area contributed by atoms with Crippen LogP contribution < -0.4 is 5.56 Å². The van der Waals surface area contributed by atoms with Crippen LogP contribution in [0.2, 0.25) is 0 Å². The summed E-state index contributed by atoms with van der Waals surface area (Å²) in [6.07, 6.45) is -3.45. The number of carbonyl (C=O) groups is 1. The Labute approximate surface area is 181 Å². The quantitative estimate of drug-likeness (QED) is 0.594. The van der Waals surface area contributed by atoms with Gasteiger partial charge in [-0.2, -0.15) is 13.2 Å². The van der Waals surface area contributed by atoms with E-state index in [0.29, 0.717) is 24.9 Å². The second-order valence-electron chi connectivity index (χ2n) is 8.34. The van der Waals surface area contributed by atoms with Crippen molar-refractivity contribution in [3.8, 4) is 0 Å². The number of rotatable bonds is 2. The average molecular weight is 448 g/mol. The van der Waals surface area contributed by atoms with Crippen LogP contribution in [0.4, 0.5) is 13.2 Å². The lowest BCUT2D eigenvalue weighted by Gasteiger charge is -2.33. The maximum Gasteiger partial charge on any atom is 0.417 e. The van der Waals surface area contributed by atoms with Gasteiger partial charge in [-0.3, -0.25) is 9.59 Å². The molecule has 1 fully saturated rings. The summed E-state index contributed by atoms with van der Waals surface area (Å²) in [5.41, 5.74) is 0.329. The highest BCUT2D eigenvalue weighted by Gasteiger charge is 2.37. The lowest BCUT2D eigenvalue weighted by atomic mass is 9.92. The van der Waals surface area contributed by atoms with Crippen LogP contribution in [0.15, 0.2) is 21.5 Å². The molecule has 4 heterocycles. The van der Waals surface area contributed by atoms with Crippen LogP contribution in [0.25, 0.3) is 11.1 Å². The fourth-order valence-electron chi connectivity index (χ4n) is 4.35. The molecule has 0 aliphatic carbocycles. The number of pyridine rings is 2. The number of alkyl halides is 3. The van der Waals surface area contributed by atoms with E-state index in [4.69, 9.17) is 4.52 Å². The Balaban J connectivity index is 1.70. The molecule has 1 atom stereocenters. The number of likely N-dealkylation sites (tertiary alicyclic amines) is 1. The first kappa shape index (κ1) is 22.0. The number of halogens is 3. The number of aryl methyl sites for hydroxylation is 3. The highest BCUT2D eigenvalue weighted by Crippen LogP contribution is 2.38. The zero-order valence-corrected chi connectivity index (χ0v) is 18.2. The first-order valence-corrected chi connectivity index (χ1v) is 10.3. The lowest BCUT2D eigenvalue weighted by Crippen LogP contribution is -2.42. The van der Waals surface area contributed by atoms with Crippen molar-refractivity contribution in [1.29, 1.82) is 0 Å². The number of carbonyl (C=O) groups excluding carboxylic acids is 1. The molecule has 1 unspecified atom stereocenters. The molecule has 0 radical (unpaired) electrons. The summed E-state index contributed by atoms with van der Waals surface area (Å²) in [7, 11) is 1.60. The van der Waals surface area contributed by atoms with Crippen molar-refractivity contribution in [3.05, 3.63) is 56.3 Å². The number of fused-ring (bicyclic) bond motifs is 1. The zero-order chi connectivity index (χ0) is 23.4.